The summed E-state index contributed by atoms with van der Waals surface area (Å²) in [7, 11) is 0. The maximum absolute atomic E-state index is 5.57. The van der Waals surface area contributed by atoms with Gasteiger partial charge in [-0.1, -0.05) is 12.2 Å². The Balaban J connectivity index is 1.60. The molecule has 2 saturated heterocycles. The van der Waals surface area contributed by atoms with E-state index >= 15 is 0 Å². The zero-order chi connectivity index (χ0) is 13.2. The lowest BCUT2D eigenvalue weighted by Gasteiger charge is -2.35. The van der Waals surface area contributed by atoms with Gasteiger partial charge in [-0.05, 0) is 44.4 Å². The first-order chi connectivity index (χ1) is 9.22. The van der Waals surface area contributed by atoms with E-state index in [9.17, 15) is 0 Å². The Morgan fingerprint density at radius 1 is 1.37 bits per heavy atom. The highest BCUT2D eigenvalue weighted by molar-refractivity contribution is 7.80. The number of anilines is 1. The van der Waals surface area contributed by atoms with E-state index in [1.165, 1.54) is 38.8 Å². The van der Waals surface area contributed by atoms with Crippen molar-refractivity contribution in [1.29, 1.82) is 0 Å². The van der Waals surface area contributed by atoms with Crippen LogP contribution in [0.2, 0.25) is 0 Å². The zero-order valence-electron chi connectivity index (χ0n) is 11.0. The number of nitrogens with two attached hydrogens (primary N) is 1. The second-order valence-corrected chi connectivity index (χ2v) is 5.93. The summed E-state index contributed by atoms with van der Waals surface area (Å²) in [6.07, 6.45) is 6.90. The van der Waals surface area contributed by atoms with Gasteiger partial charge in [-0.25, -0.2) is 4.98 Å². The average Bonchev–Trinajstić information content (AvgIpc) is 2.87. The first kappa shape index (κ1) is 12.8. The summed E-state index contributed by atoms with van der Waals surface area (Å²) < 4.78 is 0. The Morgan fingerprint density at radius 3 is 3.00 bits per heavy atom. The molecule has 2 unspecified atom stereocenters. The fourth-order valence-corrected chi connectivity index (χ4v) is 3.31. The molecule has 2 aliphatic rings. The van der Waals surface area contributed by atoms with Crippen LogP contribution in [-0.4, -0.2) is 40.0 Å². The molecule has 4 nitrogen and oxygen atoms in total. The molecule has 0 aliphatic carbocycles. The second-order valence-electron chi connectivity index (χ2n) is 5.49. The summed E-state index contributed by atoms with van der Waals surface area (Å²) >= 11 is 4.93. The molecule has 1 aromatic rings. The number of hydrogen-bond acceptors (Lipinski definition) is 4. The van der Waals surface area contributed by atoms with Crippen LogP contribution in [-0.2, 0) is 0 Å². The van der Waals surface area contributed by atoms with E-state index in [4.69, 9.17) is 18.0 Å². The summed E-state index contributed by atoms with van der Waals surface area (Å²) in [6, 6.07) is 5.22. The van der Waals surface area contributed by atoms with Crippen molar-refractivity contribution in [2.75, 3.05) is 18.4 Å². The third-order valence-electron chi connectivity index (χ3n) is 4.22. The fraction of sp³-hybridized carbons (Fsp3) is 0.571. The van der Waals surface area contributed by atoms with Crippen LogP contribution in [0.4, 0.5) is 5.82 Å². The molecular formula is C14H20N4S. The van der Waals surface area contributed by atoms with Crippen LogP contribution in [0.15, 0.2) is 18.3 Å². The molecule has 0 spiro atoms. The lowest BCUT2D eigenvalue weighted by atomic mass is 9.97. The number of fused-ring (bicyclic) bond motifs is 1. The normalized spacial score (nSPS) is 26.9. The molecule has 1 aromatic heterocycles. The Morgan fingerprint density at radius 2 is 2.26 bits per heavy atom. The summed E-state index contributed by atoms with van der Waals surface area (Å²) in [5.74, 6) is 0.927. The quantitative estimate of drug-likeness (QED) is 0.824. The minimum atomic E-state index is 0.401. The van der Waals surface area contributed by atoms with Crippen molar-refractivity contribution in [2.45, 2.75) is 37.8 Å². The molecule has 2 fully saturated rings. The van der Waals surface area contributed by atoms with Crippen LogP contribution in [0.25, 0.3) is 0 Å². The summed E-state index contributed by atoms with van der Waals surface area (Å²) in [6.45, 7) is 2.51. The van der Waals surface area contributed by atoms with Crippen LogP contribution >= 0.6 is 12.2 Å². The van der Waals surface area contributed by atoms with Crippen molar-refractivity contribution in [2.24, 2.45) is 5.73 Å². The molecule has 3 N–H and O–H groups in total. The number of aromatic nitrogens is 1. The molecule has 5 heteroatoms. The molecule has 3 rings (SSSR count). The third-order valence-corrected chi connectivity index (χ3v) is 4.46. The van der Waals surface area contributed by atoms with Crippen LogP contribution in [0.3, 0.4) is 0 Å². The smallest absolute Gasteiger partial charge is 0.126 e. The van der Waals surface area contributed by atoms with E-state index in [-0.39, 0.29) is 0 Å². The van der Waals surface area contributed by atoms with Gasteiger partial charge in [-0.15, -0.1) is 0 Å². The number of nitrogens with one attached hydrogen (secondary N) is 1. The maximum atomic E-state index is 5.57. The number of thiocarbonyl (C=S) groups is 1. The highest BCUT2D eigenvalue weighted by Crippen LogP contribution is 2.28. The van der Waals surface area contributed by atoms with Gasteiger partial charge < -0.3 is 16.0 Å². The van der Waals surface area contributed by atoms with Gasteiger partial charge in [0.15, 0.2) is 0 Å². The average molecular weight is 276 g/mol. The van der Waals surface area contributed by atoms with E-state index in [0.717, 1.165) is 17.4 Å². The van der Waals surface area contributed by atoms with Crippen molar-refractivity contribution < 1.29 is 0 Å². The van der Waals surface area contributed by atoms with Crippen LogP contribution in [0.1, 0.15) is 31.2 Å². The van der Waals surface area contributed by atoms with Crippen LogP contribution < -0.4 is 11.1 Å². The first-order valence-corrected chi connectivity index (χ1v) is 7.39. The number of pyridine rings is 1. The third kappa shape index (κ3) is 2.87. The van der Waals surface area contributed by atoms with Gasteiger partial charge in [0.25, 0.3) is 0 Å². The standard InChI is InChI=1S/C14H20N4S/c15-14(19)10-3-4-13(16-9-10)17-11-5-7-18-6-1-2-12(18)8-11/h3-4,9,11-12H,1-2,5-8H2,(H2,15,19)(H,16,17). The van der Waals surface area contributed by atoms with Crippen molar-refractivity contribution in [3.05, 3.63) is 23.9 Å². The SMILES string of the molecule is NC(=S)c1ccc(NC2CCN3CCCC3C2)nc1. The largest absolute Gasteiger partial charge is 0.389 e. The Labute approximate surface area is 119 Å². The molecule has 0 radical (unpaired) electrons. The number of hydrogen-bond donors (Lipinski definition) is 2. The van der Waals surface area contributed by atoms with Gasteiger partial charge in [-0.2, -0.15) is 0 Å². The van der Waals surface area contributed by atoms with E-state index < -0.39 is 0 Å². The molecule has 19 heavy (non-hydrogen) atoms. The Kier molecular flexibility index (Phi) is 3.66. The molecule has 0 bridgehead atoms. The monoisotopic (exact) mass is 276 g/mol. The highest BCUT2D eigenvalue weighted by Gasteiger charge is 2.31. The lowest BCUT2D eigenvalue weighted by molar-refractivity contribution is 0.188. The predicted molar refractivity (Wildman–Crippen MR) is 81.4 cm³/mol. The van der Waals surface area contributed by atoms with E-state index in [1.807, 2.05) is 12.1 Å². The van der Waals surface area contributed by atoms with Crippen molar-refractivity contribution >= 4 is 23.0 Å². The fourth-order valence-electron chi connectivity index (χ4n) is 3.19. The number of nitrogens with zero attached hydrogens (tertiary/aromatic N) is 2. The second kappa shape index (κ2) is 5.43. The molecule has 3 heterocycles. The van der Waals surface area contributed by atoms with E-state index in [2.05, 4.69) is 15.2 Å². The van der Waals surface area contributed by atoms with Gasteiger partial charge in [0, 0.05) is 30.4 Å². The molecular weight excluding hydrogens is 256 g/mol. The summed E-state index contributed by atoms with van der Waals surface area (Å²) in [5.41, 5.74) is 6.40. The molecule has 0 saturated carbocycles. The molecule has 0 amide bonds. The Bertz CT molecular complexity index is 459. The molecule has 2 atom stereocenters. The van der Waals surface area contributed by atoms with Crippen LogP contribution in [0.5, 0.6) is 0 Å². The predicted octanol–water partition coefficient (Wildman–Crippen LogP) is 1.75. The van der Waals surface area contributed by atoms with Gasteiger partial charge in [0.1, 0.15) is 10.8 Å². The van der Waals surface area contributed by atoms with Crippen molar-refractivity contribution in [3.8, 4) is 0 Å². The molecule has 102 valence electrons. The molecule has 2 aliphatic heterocycles. The summed E-state index contributed by atoms with van der Waals surface area (Å²) in [5, 5.41) is 3.54. The van der Waals surface area contributed by atoms with Gasteiger partial charge in [0.2, 0.25) is 0 Å². The first-order valence-electron chi connectivity index (χ1n) is 6.99. The van der Waals surface area contributed by atoms with Gasteiger partial charge in [0.05, 0.1) is 0 Å². The highest BCUT2D eigenvalue weighted by atomic mass is 32.1. The maximum Gasteiger partial charge on any atom is 0.126 e. The summed E-state index contributed by atoms with van der Waals surface area (Å²) in [4.78, 5) is 7.42. The number of piperidine rings is 1. The van der Waals surface area contributed by atoms with Crippen molar-refractivity contribution in [1.82, 2.24) is 9.88 Å². The topological polar surface area (TPSA) is 54.2 Å². The van der Waals surface area contributed by atoms with E-state index in [0.29, 0.717) is 11.0 Å². The number of rotatable bonds is 3. The molecule has 0 aromatic carbocycles. The Hall–Kier alpha value is -1.20. The minimum absolute atomic E-state index is 0.401. The van der Waals surface area contributed by atoms with Gasteiger partial charge >= 0.3 is 0 Å². The van der Waals surface area contributed by atoms with E-state index in [1.54, 1.807) is 6.20 Å². The van der Waals surface area contributed by atoms with Crippen LogP contribution in [0, 0.1) is 0 Å². The zero-order valence-corrected chi connectivity index (χ0v) is 11.8. The van der Waals surface area contributed by atoms with Gasteiger partial charge in [-0.3, -0.25) is 0 Å². The van der Waals surface area contributed by atoms with Crippen molar-refractivity contribution in [3.63, 3.8) is 0 Å². The minimum Gasteiger partial charge on any atom is -0.389 e. The lowest BCUT2D eigenvalue weighted by Crippen LogP contribution is -2.42.